The summed E-state index contributed by atoms with van der Waals surface area (Å²) in [5.41, 5.74) is 2.46. The summed E-state index contributed by atoms with van der Waals surface area (Å²) in [6, 6.07) is 14.6. The van der Waals surface area contributed by atoms with Gasteiger partial charge in [0.1, 0.15) is 12.4 Å². The molecule has 0 atom stereocenters. The number of amides is 1. The van der Waals surface area contributed by atoms with Gasteiger partial charge in [0.2, 0.25) is 0 Å². The van der Waals surface area contributed by atoms with Crippen molar-refractivity contribution in [1.82, 2.24) is 4.90 Å². The fourth-order valence-corrected chi connectivity index (χ4v) is 5.68. The average molecular weight is 480 g/mol. The van der Waals surface area contributed by atoms with Gasteiger partial charge in [0.05, 0.1) is 0 Å². The van der Waals surface area contributed by atoms with E-state index >= 15 is 0 Å². The second kappa shape index (κ2) is 9.91. The number of ketones is 1. The minimum atomic E-state index is -0.411. The van der Waals surface area contributed by atoms with Crippen molar-refractivity contribution in [3.05, 3.63) is 64.0 Å². The number of Topliss-reactive ketones (excluding diaryl/α,β-unsaturated/α-hetero) is 1. The first kappa shape index (κ1) is 26.0. The Balaban J connectivity index is 1.97. The minimum absolute atomic E-state index is 0.0167. The molecule has 5 heteroatoms. The van der Waals surface area contributed by atoms with Crippen LogP contribution < -0.4 is 4.74 Å². The molecule has 182 valence electrons. The van der Waals surface area contributed by atoms with Crippen LogP contribution in [0, 0.1) is 12.3 Å². The van der Waals surface area contributed by atoms with Crippen molar-refractivity contribution in [2.45, 2.75) is 59.8 Å². The molecular weight excluding hydrogens is 442 g/mol. The summed E-state index contributed by atoms with van der Waals surface area (Å²) in [7, 11) is 3.55. The highest BCUT2D eigenvalue weighted by Gasteiger charge is 2.33. The lowest BCUT2D eigenvalue weighted by atomic mass is 9.74. The van der Waals surface area contributed by atoms with E-state index in [2.05, 4.69) is 38.1 Å². The monoisotopic (exact) mass is 479 g/mol. The van der Waals surface area contributed by atoms with Crippen molar-refractivity contribution < 1.29 is 14.3 Å². The molecule has 4 nitrogen and oxygen atoms in total. The number of carbonyl (C=O) groups is 2. The van der Waals surface area contributed by atoms with Gasteiger partial charge in [-0.25, -0.2) is 0 Å². The number of rotatable bonds is 8. The van der Waals surface area contributed by atoms with Gasteiger partial charge in [-0.3, -0.25) is 9.59 Å². The average Bonchev–Trinajstić information content (AvgIpc) is 3.22. The molecule has 1 aromatic heterocycles. The fraction of sp³-hybridized carbons (Fsp3) is 0.448. The Bertz CT molecular complexity index is 1200. The summed E-state index contributed by atoms with van der Waals surface area (Å²) in [4.78, 5) is 27.6. The van der Waals surface area contributed by atoms with Gasteiger partial charge in [0.15, 0.2) is 5.78 Å². The smallest absolute Gasteiger partial charge is 0.253 e. The minimum Gasteiger partial charge on any atom is -0.486 e. The van der Waals surface area contributed by atoms with E-state index in [-0.39, 0.29) is 23.7 Å². The van der Waals surface area contributed by atoms with Crippen LogP contribution in [0.2, 0.25) is 0 Å². The number of carbonyl (C=O) groups excluding carboxylic acids is 2. The van der Waals surface area contributed by atoms with Crippen LogP contribution in [0.5, 0.6) is 5.75 Å². The van der Waals surface area contributed by atoms with E-state index in [0.29, 0.717) is 5.56 Å². The van der Waals surface area contributed by atoms with E-state index in [0.717, 1.165) is 29.5 Å². The number of thiophene rings is 1. The maximum absolute atomic E-state index is 12.4. The van der Waals surface area contributed by atoms with E-state index in [1.54, 1.807) is 30.3 Å². The van der Waals surface area contributed by atoms with Gasteiger partial charge >= 0.3 is 0 Å². The van der Waals surface area contributed by atoms with Gasteiger partial charge in [-0.2, -0.15) is 0 Å². The number of aryl methyl sites for hydroxylation is 1. The number of fused-ring (bicyclic) bond motifs is 1. The van der Waals surface area contributed by atoms with Crippen molar-refractivity contribution in [2.75, 3.05) is 20.7 Å². The van der Waals surface area contributed by atoms with Crippen LogP contribution in [-0.4, -0.2) is 37.3 Å². The maximum atomic E-state index is 12.4. The third-order valence-electron chi connectivity index (χ3n) is 6.77. The van der Waals surface area contributed by atoms with Crippen molar-refractivity contribution in [2.24, 2.45) is 5.41 Å². The molecule has 34 heavy (non-hydrogen) atoms. The molecule has 1 heterocycles. The Kier molecular flexibility index (Phi) is 7.56. The molecule has 0 unspecified atom stereocenters. The summed E-state index contributed by atoms with van der Waals surface area (Å²) in [5, 5.41) is 1.11. The topological polar surface area (TPSA) is 46.6 Å². The normalized spacial score (nSPS) is 12.1. The van der Waals surface area contributed by atoms with Crippen LogP contribution in [-0.2, 0) is 10.2 Å². The SMILES string of the molecule is CCC(CC)(c1ccc(OCC(=O)C(C)(C)C)c(C)c1)c1cc2cc(C(=O)N(C)C)ccc2s1. The van der Waals surface area contributed by atoms with Crippen molar-refractivity contribution in [3.8, 4) is 5.75 Å². The van der Waals surface area contributed by atoms with Crippen LogP contribution in [0.15, 0.2) is 42.5 Å². The first-order chi connectivity index (χ1) is 15.9. The number of nitrogens with zero attached hydrogens (tertiary/aromatic N) is 1. The fourth-order valence-electron chi connectivity index (χ4n) is 4.29. The number of benzene rings is 2. The Morgan fingerprint density at radius 2 is 1.65 bits per heavy atom. The van der Waals surface area contributed by atoms with Gasteiger partial charge < -0.3 is 9.64 Å². The Hall–Kier alpha value is -2.66. The molecule has 0 aliphatic rings. The predicted molar refractivity (Wildman–Crippen MR) is 142 cm³/mol. The number of hydrogen-bond donors (Lipinski definition) is 0. The molecule has 0 spiro atoms. The molecule has 0 fully saturated rings. The van der Waals surface area contributed by atoms with Crippen LogP contribution in [0.4, 0.5) is 0 Å². The molecule has 3 aromatic rings. The molecule has 1 amide bonds. The highest BCUT2D eigenvalue weighted by molar-refractivity contribution is 7.19. The number of hydrogen-bond acceptors (Lipinski definition) is 4. The predicted octanol–water partition coefficient (Wildman–Crippen LogP) is 7.01. The first-order valence-corrected chi connectivity index (χ1v) is 12.8. The summed E-state index contributed by atoms with van der Waals surface area (Å²) in [6.45, 7) is 12.3. The summed E-state index contributed by atoms with van der Waals surface area (Å²) in [6.07, 6.45) is 1.92. The molecule has 0 N–H and O–H groups in total. The molecule has 0 saturated carbocycles. The maximum Gasteiger partial charge on any atom is 0.253 e. The van der Waals surface area contributed by atoms with E-state index in [1.165, 1.54) is 15.1 Å². The second-order valence-electron chi connectivity index (χ2n) is 10.3. The van der Waals surface area contributed by atoms with Crippen molar-refractivity contribution in [1.29, 1.82) is 0 Å². The summed E-state index contributed by atoms with van der Waals surface area (Å²) in [5.74, 6) is 0.860. The van der Waals surface area contributed by atoms with Crippen molar-refractivity contribution >= 4 is 33.1 Å². The molecule has 0 aliphatic heterocycles. The van der Waals surface area contributed by atoms with Crippen LogP contribution in [0.3, 0.4) is 0 Å². The van der Waals surface area contributed by atoms with Crippen LogP contribution in [0.25, 0.3) is 10.1 Å². The highest BCUT2D eigenvalue weighted by atomic mass is 32.1. The van der Waals surface area contributed by atoms with Gasteiger partial charge in [-0.05, 0) is 66.6 Å². The lowest BCUT2D eigenvalue weighted by molar-refractivity contribution is -0.128. The van der Waals surface area contributed by atoms with Gasteiger partial charge in [0, 0.05) is 40.1 Å². The Labute approximate surface area is 207 Å². The summed E-state index contributed by atoms with van der Waals surface area (Å²) < 4.78 is 7.07. The molecule has 0 saturated heterocycles. The van der Waals surface area contributed by atoms with E-state index in [1.807, 2.05) is 45.9 Å². The van der Waals surface area contributed by atoms with Crippen LogP contribution >= 0.6 is 11.3 Å². The third kappa shape index (κ3) is 5.05. The molecule has 0 aliphatic carbocycles. The largest absolute Gasteiger partial charge is 0.486 e. The molecule has 0 bridgehead atoms. The standard InChI is InChI=1S/C29H37NO3S/c1-9-29(10-2,22-12-13-23(19(3)15-22)33-18-25(31)28(4,5)6)26-17-21-16-20(27(32)30(7)8)11-14-24(21)34-26/h11-17H,9-10,18H2,1-8H3. The van der Waals surface area contributed by atoms with Crippen molar-refractivity contribution in [3.63, 3.8) is 0 Å². The zero-order valence-corrected chi connectivity index (χ0v) is 22.6. The van der Waals surface area contributed by atoms with E-state index in [9.17, 15) is 9.59 Å². The lowest BCUT2D eigenvalue weighted by Gasteiger charge is -2.32. The Morgan fingerprint density at radius 3 is 2.21 bits per heavy atom. The summed E-state index contributed by atoms with van der Waals surface area (Å²) >= 11 is 1.80. The van der Waals surface area contributed by atoms with Crippen LogP contribution in [0.1, 0.15) is 73.8 Å². The third-order valence-corrected chi connectivity index (χ3v) is 8.09. The molecular formula is C29H37NO3S. The molecule has 0 radical (unpaired) electrons. The zero-order chi connectivity index (χ0) is 25.3. The second-order valence-corrected chi connectivity index (χ2v) is 11.4. The first-order valence-electron chi connectivity index (χ1n) is 12.0. The number of ether oxygens (including phenoxy) is 1. The zero-order valence-electron chi connectivity index (χ0n) is 21.7. The highest BCUT2D eigenvalue weighted by Crippen LogP contribution is 2.45. The van der Waals surface area contributed by atoms with Gasteiger partial charge in [0.25, 0.3) is 5.91 Å². The quantitative estimate of drug-likeness (QED) is 0.349. The molecule has 3 rings (SSSR count). The molecule has 2 aromatic carbocycles. The van der Waals surface area contributed by atoms with Gasteiger partial charge in [-0.1, -0.05) is 46.8 Å². The van der Waals surface area contributed by atoms with E-state index in [4.69, 9.17) is 4.74 Å². The Morgan fingerprint density at radius 1 is 0.971 bits per heavy atom. The van der Waals surface area contributed by atoms with Gasteiger partial charge in [-0.15, -0.1) is 11.3 Å². The lowest BCUT2D eigenvalue weighted by Crippen LogP contribution is -2.27. The van der Waals surface area contributed by atoms with E-state index < -0.39 is 5.41 Å².